The van der Waals surface area contributed by atoms with Crippen LogP contribution in [0.25, 0.3) is 0 Å². The largest absolute Gasteiger partial charge is 0.417 e. The molecule has 0 bridgehead atoms. The van der Waals surface area contributed by atoms with Crippen LogP contribution in [0.2, 0.25) is 5.02 Å². The zero-order valence-electron chi connectivity index (χ0n) is 14.6. The van der Waals surface area contributed by atoms with E-state index in [1.54, 1.807) is 11.8 Å². The topological polar surface area (TPSA) is 71.2 Å². The molecule has 5 nitrogen and oxygen atoms in total. The van der Waals surface area contributed by atoms with E-state index < -0.39 is 17.3 Å². The van der Waals surface area contributed by atoms with E-state index in [-0.39, 0.29) is 35.2 Å². The number of halogens is 5. The minimum absolute atomic E-state index is 0. The Balaban J connectivity index is 0.00000338. The van der Waals surface area contributed by atoms with Crippen LogP contribution in [0.15, 0.2) is 12.3 Å². The highest BCUT2D eigenvalue weighted by Crippen LogP contribution is 2.34. The highest BCUT2D eigenvalue weighted by Gasteiger charge is 2.34. The number of alkyl halides is 3. The maximum atomic E-state index is 12.7. The highest BCUT2D eigenvalue weighted by atomic mass is 35.5. The minimum atomic E-state index is -4.48. The molecule has 1 amide bonds. The van der Waals surface area contributed by atoms with Crippen molar-refractivity contribution in [2.45, 2.75) is 50.9 Å². The first-order valence-corrected chi connectivity index (χ1v) is 8.50. The zero-order chi connectivity index (χ0) is 18.8. The van der Waals surface area contributed by atoms with Crippen molar-refractivity contribution in [1.82, 2.24) is 10.3 Å². The van der Waals surface area contributed by atoms with Crippen molar-refractivity contribution >= 4 is 35.7 Å². The van der Waals surface area contributed by atoms with Gasteiger partial charge in [0.25, 0.3) is 0 Å². The third-order valence-corrected chi connectivity index (χ3v) is 4.54. The summed E-state index contributed by atoms with van der Waals surface area (Å²) in [5, 5.41) is 2.84. The maximum Gasteiger partial charge on any atom is 0.417 e. The first-order chi connectivity index (χ1) is 11.5. The summed E-state index contributed by atoms with van der Waals surface area (Å²) in [5.74, 6) is 0.0585. The SMILES string of the molecule is CCCC(C)(N)C(=O)NC1CCN(c2ncc(C(F)(F)F)cc2Cl)C1.Cl. The van der Waals surface area contributed by atoms with E-state index >= 15 is 0 Å². The van der Waals surface area contributed by atoms with Gasteiger partial charge in [-0.25, -0.2) is 4.98 Å². The third-order valence-electron chi connectivity index (χ3n) is 4.26. The molecule has 2 unspecified atom stereocenters. The van der Waals surface area contributed by atoms with Gasteiger partial charge in [0.1, 0.15) is 5.82 Å². The molecule has 3 N–H and O–H groups in total. The fraction of sp³-hybridized carbons (Fsp3) is 0.625. The van der Waals surface area contributed by atoms with Gasteiger partial charge in [0.05, 0.1) is 16.1 Å². The van der Waals surface area contributed by atoms with Gasteiger partial charge in [-0.15, -0.1) is 12.4 Å². The predicted octanol–water partition coefficient (Wildman–Crippen LogP) is 3.39. The summed E-state index contributed by atoms with van der Waals surface area (Å²) in [4.78, 5) is 17.9. The highest BCUT2D eigenvalue weighted by molar-refractivity contribution is 6.33. The standard InChI is InChI=1S/C16H22ClF3N4O.ClH/c1-3-5-15(2,21)14(25)23-11-4-6-24(9-11)13-12(17)7-10(8-22-13)16(18,19)20;/h7-8,11H,3-6,9,21H2,1-2H3,(H,23,25);1H. The number of rotatable bonds is 5. The zero-order valence-corrected chi connectivity index (χ0v) is 16.1. The van der Waals surface area contributed by atoms with Crippen LogP contribution >= 0.6 is 24.0 Å². The molecular weight excluding hydrogens is 392 g/mol. The van der Waals surface area contributed by atoms with Gasteiger partial charge in [-0.05, 0) is 25.8 Å². The van der Waals surface area contributed by atoms with Gasteiger partial charge in [0.15, 0.2) is 0 Å². The number of amides is 1. The number of aromatic nitrogens is 1. The summed E-state index contributed by atoms with van der Waals surface area (Å²) in [5.41, 5.74) is 4.19. The second-order valence-corrected chi connectivity index (χ2v) is 7.01. The van der Waals surface area contributed by atoms with E-state index in [9.17, 15) is 18.0 Å². The smallest absolute Gasteiger partial charge is 0.353 e. The molecule has 1 aromatic heterocycles. The Morgan fingerprint density at radius 1 is 1.50 bits per heavy atom. The molecular formula is C16H23Cl2F3N4O. The summed E-state index contributed by atoms with van der Waals surface area (Å²) >= 11 is 5.97. The van der Waals surface area contributed by atoms with Crippen LogP contribution in [-0.4, -0.2) is 35.6 Å². The van der Waals surface area contributed by atoms with Gasteiger partial charge in [-0.1, -0.05) is 24.9 Å². The summed E-state index contributed by atoms with van der Waals surface area (Å²) in [6.07, 6.45) is -1.70. The van der Waals surface area contributed by atoms with E-state index in [0.717, 1.165) is 18.7 Å². The van der Waals surface area contributed by atoms with Crippen LogP contribution in [0, 0.1) is 0 Å². The van der Waals surface area contributed by atoms with Gasteiger partial charge < -0.3 is 16.0 Å². The van der Waals surface area contributed by atoms with Crippen molar-refractivity contribution in [2.75, 3.05) is 18.0 Å². The number of nitrogens with one attached hydrogen (secondary N) is 1. The van der Waals surface area contributed by atoms with Gasteiger partial charge in [0.2, 0.25) is 5.91 Å². The van der Waals surface area contributed by atoms with Crippen molar-refractivity contribution in [3.8, 4) is 0 Å². The average Bonchev–Trinajstić information content (AvgIpc) is 2.94. The van der Waals surface area contributed by atoms with Crippen LogP contribution in [0.5, 0.6) is 0 Å². The molecule has 2 heterocycles. The quantitative estimate of drug-likeness (QED) is 0.774. The van der Waals surface area contributed by atoms with E-state index in [0.29, 0.717) is 25.9 Å². The fourth-order valence-corrected chi connectivity index (χ4v) is 3.16. The number of nitrogens with two attached hydrogens (primary N) is 1. The Bertz CT molecular complexity index is 640. The molecule has 2 atom stereocenters. The summed E-state index contributed by atoms with van der Waals surface area (Å²) < 4.78 is 38.1. The molecule has 0 radical (unpaired) electrons. The lowest BCUT2D eigenvalue weighted by Crippen LogP contribution is -2.54. The molecule has 1 aromatic rings. The number of anilines is 1. The molecule has 0 aliphatic carbocycles. The molecule has 26 heavy (non-hydrogen) atoms. The monoisotopic (exact) mass is 414 g/mol. The number of carbonyl (C=O) groups is 1. The Morgan fingerprint density at radius 2 is 2.15 bits per heavy atom. The Kier molecular flexibility index (Phi) is 7.56. The van der Waals surface area contributed by atoms with Crippen LogP contribution in [0.4, 0.5) is 19.0 Å². The second kappa shape index (κ2) is 8.63. The fourth-order valence-electron chi connectivity index (χ4n) is 2.87. The molecule has 10 heteroatoms. The van der Waals surface area contributed by atoms with Crippen LogP contribution in [0.3, 0.4) is 0 Å². The normalized spacial score (nSPS) is 19.7. The Morgan fingerprint density at radius 3 is 2.69 bits per heavy atom. The van der Waals surface area contributed by atoms with Gasteiger partial charge in [-0.3, -0.25) is 4.79 Å². The summed E-state index contributed by atoms with van der Waals surface area (Å²) in [7, 11) is 0. The van der Waals surface area contributed by atoms with Crippen molar-refractivity contribution in [3.05, 3.63) is 22.8 Å². The number of nitrogens with zero attached hydrogens (tertiary/aromatic N) is 2. The molecule has 2 rings (SSSR count). The lowest BCUT2D eigenvalue weighted by Gasteiger charge is -2.25. The van der Waals surface area contributed by atoms with Gasteiger partial charge in [0, 0.05) is 25.3 Å². The van der Waals surface area contributed by atoms with E-state index in [1.165, 1.54) is 0 Å². The number of pyridine rings is 1. The third kappa shape index (κ3) is 5.37. The van der Waals surface area contributed by atoms with Crippen LogP contribution in [0.1, 0.15) is 38.7 Å². The number of hydrogen-bond donors (Lipinski definition) is 2. The van der Waals surface area contributed by atoms with Gasteiger partial charge in [-0.2, -0.15) is 13.2 Å². The Hall–Kier alpha value is -1.25. The second-order valence-electron chi connectivity index (χ2n) is 6.60. The first kappa shape index (κ1) is 22.8. The molecule has 0 aromatic carbocycles. The van der Waals surface area contributed by atoms with E-state index in [2.05, 4.69) is 10.3 Å². The van der Waals surface area contributed by atoms with Crippen molar-refractivity contribution < 1.29 is 18.0 Å². The van der Waals surface area contributed by atoms with E-state index in [1.807, 2.05) is 6.92 Å². The van der Waals surface area contributed by atoms with Crippen molar-refractivity contribution in [2.24, 2.45) is 5.73 Å². The molecule has 1 fully saturated rings. The van der Waals surface area contributed by atoms with Crippen molar-refractivity contribution in [3.63, 3.8) is 0 Å². The van der Waals surface area contributed by atoms with Gasteiger partial charge >= 0.3 is 6.18 Å². The predicted molar refractivity (Wildman–Crippen MR) is 97.8 cm³/mol. The lowest BCUT2D eigenvalue weighted by molar-refractivity contribution is -0.137. The molecule has 0 saturated carbocycles. The molecule has 0 spiro atoms. The summed E-state index contributed by atoms with van der Waals surface area (Å²) in [6, 6.07) is 0.723. The number of carbonyl (C=O) groups excluding carboxylic acids is 1. The molecule has 148 valence electrons. The molecule has 1 aliphatic heterocycles. The minimum Gasteiger partial charge on any atom is -0.353 e. The summed E-state index contributed by atoms with van der Waals surface area (Å²) in [6.45, 7) is 4.60. The van der Waals surface area contributed by atoms with E-state index in [4.69, 9.17) is 17.3 Å². The molecule has 1 aliphatic rings. The molecule has 1 saturated heterocycles. The first-order valence-electron chi connectivity index (χ1n) is 8.12. The lowest BCUT2D eigenvalue weighted by atomic mass is 9.96. The maximum absolute atomic E-state index is 12.7. The Labute approximate surface area is 161 Å². The average molecular weight is 415 g/mol. The number of hydrogen-bond acceptors (Lipinski definition) is 4. The van der Waals surface area contributed by atoms with Crippen LogP contribution < -0.4 is 16.0 Å². The van der Waals surface area contributed by atoms with Crippen LogP contribution in [-0.2, 0) is 11.0 Å². The van der Waals surface area contributed by atoms with Crippen molar-refractivity contribution in [1.29, 1.82) is 0 Å².